The van der Waals surface area contributed by atoms with Crippen molar-refractivity contribution in [1.29, 1.82) is 0 Å². The molecule has 6 aromatic rings. The van der Waals surface area contributed by atoms with Gasteiger partial charge in [0.2, 0.25) is 0 Å². The summed E-state index contributed by atoms with van der Waals surface area (Å²) in [6, 6.07) is 40.5. The Morgan fingerprint density at radius 3 is 1.85 bits per heavy atom. The Morgan fingerprint density at radius 1 is 0.575 bits per heavy atom. The van der Waals surface area contributed by atoms with Crippen molar-refractivity contribution in [2.24, 2.45) is 0 Å². The van der Waals surface area contributed by atoms with Gasteiger partial charge < -0.3 is 9.64 Å². The zero-order chi connectivity index (χ0) is 26.3. The second kappa shape index (κ2) is 8.07. The second-order valence-corrected chi connectivity index (χ2v) is 11.3. The highest BCUT2D eigenvalue weighted by atomic mass is 32.2. The number of ether oxygens (including phenoxy) is 1. The van der Waals surface area contributed by atoms with Gasteiger partial charge in [0.1, 0.15) is 0 Å². The maximum absolute atomic E-state index is 6.30. The first kappa shape index (κ1) is 22.0. The normalized spacial score (nSPS) is 14.8. The predicted octanol–water partition coefficient (Wildman–Crippen LogP) is 8.88. The Morgan fingerprint density at radius 2 is 1.15 bits per heavy atom. The van der Waals surface area contributed by atoms with Crippen LogP contribution in [0.3, 0.4) is 0 Å². The van der Waals surface area contributed by atoms with Crippen LogP contribution < -0.4 is 9.64 Å². The molecule has 5 heteroatoms. The lowest BCUT2D eigenvalue weighted by Gasteiger charge is -2.39. The average Bonchev–Trinajstić information content (AvgIpc) is 3.30. The summed E-state index contributed by atoms with van der Waals surface area (Å²) >= 11 is 1.84. The van der Waals surface area contributed by atoms with Crippen LogP contribution in [0.15, 0.2) is 137 Å². The van der Waals surface area contributed by atoms with Crippen molar-refractivity contribution in [3.05, 3.63) is 150 Å². The molecular formula is C35H21N3OS. The molecule has 0 amide bonds. The number of aromatic nitrogens is 2. The number of fused-ring (bicyclic) bond motifs is 11. The molecule has 2 aromatic heterocycles. The molecule has 1 aliphatic carbocycles. The molecule has 2 aliphatic heterocycles. The number of nitrogens with zero attached hydrogens (tertiary/aromatic N) is 3. The van der Waals surface area contributed by atoms with Gasteiger partial charge in [0.25, 0.3) is 0 Å². The minimum absolute atomic E-state index is 0.522. The third-order valence-corrected chi connectivity index (χ3v) is 9.36. The molecule has 0 radical (unpaired) electrons. The molecule has 3 aliphatic rings. The maximum atomic E-state index is 6.30. The summed E-state index contributed by atoms with van der Waals surface area (Å²) in [6.07, 6.45) is 3.85. The van der Waals surface area contributed by atoms with E-state index in [1.54, 1.807) is 0 Å². The van der Waals surface area contributed by atoms with E-state index in [9.17, 15) is 0 Å². The van der Waals surface area contributed by atoms with Crippen LogP contribution in [0, 0.1) is 0 Å². The fourth-order valence-electron chi connectivity index (χ4n) is 6.65. The first-order valence-electron chi connectivity index (χ1n) is 13.3. The van der Waals surface area contributed by atoms with Gasteiger partial charge in [0.05, 0.1) is 40.1 Å². The van der Waals surface area contributed by atoms with E-state index in [0.717, 1.165) is 45.5 Å². The lowest BCUT2D eigenvalue weighted by atomic mass is 9.67. The van der Waals surface area contributed by atoms with Gasteiger partial charge in [-0.1, -0.05) is 78.5 Å². The van der Waals surface area contributed by atoms with Crippen LogP contribution in [0.4, 0.5) is 17.1 Å². The molecule has 0 atom stereocenters. The smallest absolute Gasteiger partial charge is 0.151 e. The molecule has 9 rings (SSSR count). The molecule has 40 heavy (non-hydrogen) atoms. The molecule has 4 aromatic carbocycles. The van der Waals surface area contributed by atoms with Crippen molar-refractivity contribution in [3.8, 4) is 22.9 Å². The minimum Gasteiger partial charge on any atom is -0.453 e. The molecule has 4 nitrogen and oxygen atoms in total. The Hall–Kier alpha value is -4.87. The van der Waals surface area contributed by atoms with E-state index in [2.05, 4.69) is 95.9 Å². The topological polar surface area (TPSA) is 38.2 Å². The first-order chi connectivity index (χ1) is 19.8. The van der Waals surface area contributed by atoms with Gasteiger partial charge in [-0.05, 0) is 65.2 Å². The first-order valence-corrected chi connectivity index (χ1v) is 14.1. The van der Waals surface area contributed by atoms with Crippen molar-refractivity contribution in [2.45, 2.75) is 15.2 Å². The summed E-state index contributed by atoms with van der Waals surface area (Å²) < 4.78 is 6.30. The molecule has 188 valence electrons. The highest BCUT2D eigenvalue weighted by Gasteiger charge is 2.51. The number of rotatable bonds is 1. The number of pyridine rings is 2. The van der Waals surface area contributed by atoms with E-state index in [1.165, 1.54) is 26.5 Å². The molecule has 0 saturated heterocycles. The minimum atomic E-state index is -0.522. The predicted molar refractivity (Wildman–Crippen MR) is 158 cm³/mol. The molecule has 0 saturated carbocycles. The standard InChI is InChI=1S/C35H21N3OS/c1-7-17-31-23(10-1)35(24-11-2-8-18-32(24)40-31)25-12-9-19-36-33(25)34-26(35)20-22(21-37-34)38-27-13-3-5-15-29(27)39-30-16-6-4-14-28(30)38/h1-21H. The molecule has 0 bridgehead atoms. The van der Waals surface area contributed by atoms with Gasteiger partial charge in [-0.25, -0.2) is 0 Å². The quantitative estimate of drug-likeness (QED) is 0.211. The summed E-state index contributed by atoms with van der Waals surface area (Å²) in [5, 5.41) is 0. The number of para-hydroxylation sites is 4. The van der Waals surface area contributed by atoms with Crippen molar-refractivity contribution < 1.29 is 4.74 Å². The van der Waals surface area contributed by atoms with Crippen molar-refractivity contribution in [3.63, 3.8) is 0 Å². The highest BCUT2D eigenvalue weighted by molar-refractivity contribution is 7.99. The maximum Gasteiger partial charge on any atom is 0.151 e. The Bertz CT molecular complexity index is 1910. The zero-order valence-electron chi connectivity index (χ0n) is 21.3. The van der Waals surface area contributed by atoms with Crippen LogP contribution >= 0.6 is 11.8 Å². The van der Waals surface area contributed by atoms with Gasteiger partial charge in [-0.2, -0.15) is 0 Å². The zero-order valence-corrected chi connectivity index (χ0v) is 22.1. The largest absolute Gasteiger partial charge is 0.453 e. The van der Waals surface area contributed by atoms with E-state index in [0.29, 0.717) is 0 Å². The lowest BCUT2D eigenvalue weighted by molar-refractivity contribution is 0.477. The summed E-state index contributed by atoms with van der Waals surface area (Å²) in [5.74, 6) is 1.65. The van der Waals surface area contributed by atoms with Crippen LogP contribution in [0.5, 0.6) is 11.5 Å². The molecule has 0 N–H and O–H groups in total. The molecule has 1 spiro atoms. The molecule has 4 heterocycles. The van der Waals surface area contributed by atoms with E-state index in [-0.39, 0.29) is 0 Å². The van der Waals surface area contributed by atoms with E-state index >= 15 is 0 Å². The van der Waals surface area contributed by atoms with E-state index in [1.807, 2.05) is 48.4 Å². The number of anilines is 3. The van der Waals surface area contributed by atoms with Crippen LogP contribution in [-0.2, 0) is 5.41 Å². The third kappa shape index (κ3) is 2.77. The summed E-state index contributed by atoms with van der Waals surface area (Å²) in [4.78, 5) is 14.9. The number of hydrogen-bond acceptors (Lipinski definition) is 5. The van der Waals surface area contributed by atoms with Gasteiger partial charge in [-0.15, -0.1) is 0 Å². The summed E-state index contributed by atoms with van der Waals surface area (Å²) in [7, 11) is 0. The highest BCUT2D eigenvalue weighted by Crippen LogP contribution is 2.62. The van der Waals surface area contributed by atoms with E-state index in [4.69, 9.17) is 14.7 Å². The van der Waals surface area contributed by atoms with Gasteiger partial charge in [-0.3, -0.25) is 9.97 Å². The van der Waals surface area contributed by atoms with E-state index < -0.39 is 5.41 Å². The second-order valence-electron chi connectivity index (χ2n) is 10.2. The Balaban J connectivity index is 1.38. The summed E-state index contributed by atoms with van der Waals surface area (Å²) in [5.41, 5.74) is 9.21. The van der Waals surface area contributed by atoms with Crippen LogP contribution in [0.2, 0.25) is 0 Å². The number of benzene rings is 4. The third-order valence-electron chi connectivity index (χ3n) is 8.21. The Kier molecular flexibility index (Phi) is 4.44. The average molecular weight is 532 g/mol. The van der Waals surface area contributed by atoms with Gasteiger partial charge in [0.15, 0.2) is 11.5 Å². The lowest BCUT2D eigenvalue weighted by Crippen LogP contribution is -2.32. The van der Waals surface area contributed by atoms with Gasteiger partial charge >= 0.3 is 0 Å². The van der Waals surface area contributed by atoms with Crippen molar-refractivity contribution in [2.75, 3.05) is 4.90 Å². The van der Waals surface area contributed by atoms with Gasteiger partial charge in [0, 0.05) is 21.6 Å². The monoisotopic (exact) mass is 531 g/mol. The van der Waals surface area contributed by atoms with Crippen LogP contribution in [0.1, 0.15) is 22.3 Å². The Labute approximate surface area is 236 Å². The van der Waals surface area contributed by atoms with Crippen molar-refractivity contribution in [1.82, 2.24) is 9.97 Å². The SMILES string of the molecule is c1ccc2c(c1)Oc1ccccc1N2c1cnc2c(c1)C1(c3ccccc3Sc3ccccc31)c1cccnc1-2. The van der Waals surface area contributed by atoms with Crippen LogP contribution in [0.25, 0.3) is 11.4 Å². The fourth-order valence-corrected chi connectivity index (χ4v) is 7.84. The van der Waals surface area contributed by atoms with Crippen LogP contribution in [-0.4, -0.2) is 9.97 Å². The molecule has 0 unspecified atom stereocenters. The van der Waals surface area contributed by atoms with Crippen molar-refractivity contribution >= 4 is 28.8 Å². The fraction of sp³-hybridized carbons (Fsp3) is 0.0286. The summed E-state index contributed by atoms with van der Waals surface area (Å²) in [6.45, 7) is 0. The number of hydrogen-bond donors (Lipinski definition) is 0. The molecular weight excluding hydrogens is 510 g/mol. The molecule has 0 fully saturated rings.